The number of nitrogens with zero attached hydrogens (tertiary/aromatic N) is 1. The first-order chi connectivity index (χ1) is 17.5. The fraction of sp³-hybridized carbons (Fsp3) is 0.185. The molecule has 0 atom stereocenters. The van der Waals surface area contributed by atoms with Crippen LogP contribution in [0.1, 0.15) is 23.6 Å². The van der Waals surface area contributed by atoms with Crippen molar-refractivity contribution < 1.29 is 28.5 Å². The molecule has 0 saturated carbocycles. The quantitative estimate of drug-likeness (QED) is 0.321. The number of thioether (sulfide) groups is 1. The molecule has 0 unspecified atom stereocenters. The summed E-state index contributed by atoms with van der Waals surface area (Å²) in [5.74, 6) is 1.85. The van der Waals surface area contributed by atoms with Gasteiger partial charge in [0.15, 0.2) is 23.0 Å². The Morgan fingerprint density at radius 3 is 2.56 bits per heavy atom. The fourth-order valence-electron chi connectivity index (χ4n) is 3.78. The van der Waals surface area contributed by atoms with Gasteiger partial charge in [-0.25, -0.2) is 0 Å². The number of hydrogen-bond acceptors (Lipinski definition) is 7. The minimum absolute atomic E-state index is 0.0357. The summed E-state index contributed by atoms with van der Waals surface area (Å²) in [7, 11) is 0. The molecule has 0 bridgehead atoms. The normalized spacial score (nSPS) is 15.6. The molecule has 7 nitrogen and oxygen atoms in total. The Kier molecular flexibility index (Phi) is 7.06. The molecular weight excluding hydrogens is 502 g/mol. The molecule has 0 aliphatic carbocycles. The minimum Gasteiger partial charge on any atom is -0.490 e. The molecule has 2 heterocycles. The molecule has 184 valence electrons. The van der Waals surface area contributed by atoms with Crippen LogP contribution in [0.4, 0.5) is 4.79 Å². The van der Waals surface area contributed by atoms with Crippen LogP contribution in [0.5, 0.6) is 23.0 Å². The number of fused-ring (bicyclic) bond motifs is 1. The van der Waals surface area contributed by atoms with E-state index in [9.17, 15) is 9.59 Å². The van der Waals surface area contributed by atoms with E-state index in [0.717, 1.165) is 22.9 Å². The summed E-state index contributed by atoms with van der Waals surface area (Å²) in [6, 6.07) is 18.6. The maximum absolute atomic E-state index is 13.1. The summed E-state index contributed by atoms with van der Waals surface area (Å²) in [5.41, 5.74) is 2.36. The molecule has 0 radical (unpaired) electrons. The molecular formula is C27H22ClNO6S. The topological polar surface area (TPSA) is 74.3 Å². The molecule has 36 heavy (non-hydrogen) atoms. The third-order valence-electron chi connectivity index (χ3n) is 5.55. The summed E-state index contributed by atoms with van der Waals surface area (Å²) in [4.78, 5) is 27.2. The van der Waals surface area contributed by atoms with E-state index >= 15 is 0 Å². The van der Waals surface area contributed by atoms with Gasteiger partial charge >= 0.3 is 0 Å². The number of hydrogen-bond donors (Lipinski definition) is 0. The van der Waals surface area contributed by atoms with Crippen LogP contribution in [-0.4, -0.2) is 29.4 Å². The first-order valence-corrected chi connectivity index (χ1v) is 12.5. The number of carbonyl (C=O) groups excluding carboxylic acids is 2. The van der Waals surface area contributed by atoms with Gasteiger partial charge in [0, 0.05) is 11.1 Å². The van der Waals surface area contributed by atoms with Gasteiger partial charge in [-0.15, -0.1) is 0 Å². The van der Waals surface area contributed by atoms with Crippen molar-refractivity contribution in [2.75, 3.05) is 13.4 Å². The van der Waals surface area contributed by atoms with Gasteiger partial charge in [0.2, 0.25) is 6.79 Å². The molecule has 2 amide bonds. The van der Waals surface area contributed by atoms with Crippen molar-refractivity contribution in [1.29, 1.82) is 0 Å². The zero-order chi connectivity index (χ0) is 25.1. The molecule has 9 heteroatoms. The monoisotopic (exact) mass is 523 g/mol. The Morgan fingerprint density at radius 2 is 1.78 bits per heavy atom. The average molecular weight is 524 g/mol. The number of amides is 2. The summed E-state index contributed by atoms with van der Waals surface area (Å²) < 4.78 is 22.4. The first kappa shape index (κ1) is 24.1. The predicted octanol–water partition coefficient (Wildman–Crippen LogP) is 6.28. The van der Waals surface area contributed by atoms with Gasteiger partial charge in [0.1, 0.15) is 6.61 Å². The number of ether oxygens (including phenoxy) is 4. The van der Waals surface area contributed by atoms with Crippen LogP contribution in [0.15, 0.2) is 65.6 Å². The highest BCUT2D eigenvalue weighted by atomic mass is 35.5. The van der Waals surface area contributed by atoms with Gasteiger partial charge in [-0.1, -0.05) is 48.0 Å². The molecule has 1 fully saturated rings. The van der Waals surface area contributed by atoms with Crippen molar-refractivity contribution in [3.63, 3.8) is 0 Å². The second kappa shape index (κ2) is 10.6. The van der Waals surface area contributed by atoms with Crippen LogP contribution in [0.2, 0.25) is 5.02 Å². The largest absolute Gasteiger partial charge is 0.490 e. The number of rotatable bonds is 8. The fourth-order valence-corrected chi connectivity index (χ4v) is 4.83. The second-order valence-electron chi connectivity index (χ2n) is 7.98. The Morgan fingerprint density at radius 1 is 1.00 bits per heavy atom. The smallest absolute Gasteiger partial charge is 0.293 e. The van der Waals surface area contributed by atoms with Crippen molar-refractivity contribution in [1.82, 2.24) is 4.90 Å². The highest BCUT2D eigenvalue weighted by Crippen LogP contribution is 2.40. The lowest BCUT2D eigenvalue weighted by atomic mass is 10.1. The number of halogens is 1. The van der Waals surface area contributed by atoms with Gasteiger partial charge < -0.3 is 18.9 Å². The number of imide groups is 1. The molecule has 3 aromatic rings. The van der Waals surface area contributed by atoms with Crippen LogP contribution in [0, 0.1) is 0 Å². The van der Waals surface area contributed by atoms with E-state index in [1.165, 1.54) is 4.90 Å². The lowest BCUT2D eigenvalue weighted by Crippen LogP contribution is -2.27. The van der Waals surface area contributed by atoms with E-state index in [2.05, 4.69) is 0 Å². The molecule has 2 aliphatic rings. The second-order valence-corrected chi connectivity index (χ2v) is 9.38. The van der Waals surface area contributed by atoms with E-state index in [4.69, 9.17) is 30.5 Å². The molecule has 0 aromatic heterocycles. The van der Waals surface area contributed by atoms with Gasteiger partial charge in [-0.05, 0) is 59.7 Å². The third-order valence-corrected chi connectivity index (χ3v) is 6.81. The molecule has 5 rings (SSSR count). The lowest BCUT2D eigenvalue weighted by Gasteiger charge is -2.14. The third kappa shape index (κ3) is 5.15. The van der Waals surface area contributed by atoms with Gasteiger partial charge in [-0.2, -0.15) is 0 Å². The number of benzene rings is 3. The van der Waals surface area contributed by atoms with Crippen molar-refractivity contribution in [3.05, 3.63) is 87.3 Å². The zero-order valence-electron chi connectivity index (χ0n) is 19.4. The van der Waals surface area contributed by atoms with E-state index in [-0.39, 0.29) is 24.5 Å². The Labute approximate surface area is 217 Å². The Hall–Kier alpha value is -3.62. The molecule has 0 N–H and O–H groups in total. The van der Waals surface area contributed by atoms with E-state index in [1.807, 2.05) is 43.3 Å². The standard InChI is InChI=1S/C27H22ClNO6S/c1-2-32-22-10-18(8-9-21(22)33-15-17-6-4-3-5-7-17)11-25-26(30)29(27(31)36-25)14-19-12-23-24(13-20(19)28)35-16-34-23/h3-13H,2,14-16H2,1H3/b25-11+. The Bertz CT molecular complexity index is 1340. The molecule has 2 aliphatic heterocycles. The zero-order valence-corrected chi connectivity index (χ0v) is 20.9. The first-order valence-electron chi connectivity index (χ1n) is 11.3. The van der Waals surface area contributed by atoms with Crippen molar-refractivity contribution >= 4 is 40.6 Å². The maximum atomic E-state index is 13.1. The SMILES string of the molecule is CCOc1cc(/C=C2/SC(=O)N(Cc3cc4c(cc3Cl)OCO4)C2=O)ccc1OCc1ccccc1. The summed E-state index contributed by atoms with van der Waals surface area (Å²) in [5, 5.41) is 0.0301. The highest BCUT2D eigenvalue weighted by molar-refractivity contribution is 8.18. The van der Waals surface area contributed by atoms with Crippen molar-refractivity contribution in [2.24, 2.45) is 0 Å². The number of carbonyl (C=O) groups is 2. The van der Waals surface area contributed by atoms with Crippen LogP contribution in [0.3, 0.4) is 0 Å². The van der Waals surface area contributed by atoms with Crippen LogP contribution >= 0.6 is 23.4 Å². The maximum Gasteiger partial charge on any atom is 0.293 e. The summed E-state index contributed by atoms with van der Waals surface area (Å²) >= 11 is 7.23. The predicted molar refractivity (Wildman–Crippen MR) is 137 cm³/mol. The van der Waals surface area contributed by atoms with E-state index in [0.29, 0.717) is 51.7 Å². The minimum atomic E-state index is -0.388. The van der Waals surface area contributed by atoms with Crippen LogP contribution in [-0.2, 0) is 17.9 Å². The average Bonchev–Trinajstić information content (AvgIpc) is 3.43. The molecule has 3 aromatic carbocycles. The highest BCUT2D eigenvalue weighted by Gasteiger charge is 2.35. The van der Waals surface area contributed by atoms with Crippen LogP contribution < -0.4 is 18.9 Å². The van der Waals surface area contributed by atoms with Crippen molar-refractivity contribution in [2.45, 2.75) is 20.1 Å². The van der Waals surface area contributed by atoms with Crippen LogP contribution in [0.25, 0.3) is 6.08 Å². The van der Waals surface area contributed by atoms with E-state index in [1.54, 1.807) is 30.3 Å². The van der Waals surface area contributed by atoms with E-state index < -0.39 is 0 Å². The summed E-state index contributed by atoms with van der Waals surface area (Å²) in [6.07, 6.45) is 1.68. The van der Waals surface area contributed by atoms with Gasteiger partial charge in [0.25, 0.3) is 11.1 Å². The molecule has 1 saturated heterocycles. The molecule has 0 spiro atoms. The van der Waals surface area contributed by atoms with Gasteiger partial charge in [-0.3, -0.25) is 14.5 Å². The Balaban J connectivity index is 1.33. The summed E-state index contributed by atoms with van der Waals surface area (Å²) in [6.45, 7) is 2.90. The van der Waals surface area contributed by atoms with Gasteiger partial charge in [0.05, 0.1) is 18.1 Å². The van der Waals surface area contributed by atoms with Crippen molar-refractivity contribution in [3.8, 4) is 23.0 Å². The lowest BCUT2D eigenvalue weighted by molar-refractivity contribution is -0.123.